The SMILES string of the molecule is [Cl-].[NH3+]c1ccc(OC[C@@H](O)CN2CCC(c3ccc(Oc4ccccc4)cc3)CC2)cc1. The summed E-state index contributed by atoms with van der Waals surface area (Å²) in [6.07, 6.45) is 1.69. The van der Waals surface area contributed by atoms with E-state index in [2.05, 4.69) is 34.9 Å². The van der Waals surface area contributed by atoms with Crippen molar-refractivity contribution in [3.05, 3.63) is 84.4 Å². The zero-order valence-electron chi connectivity index (χ0n) is 18.2. The van der Waals surface area contributed by atoms with Crippen LogP contribution in [0.3, 0.4) is 0 Å². The number of nitrogens with zero attached hydrogens (tertiary/aromatic N) is 1. The molecule has 1 fully saturated rings. The number of piperidine rings is 1. The third-order valence-corrected chi connectivity index (χ3v) is 5.75. The molecule has 1 atom stereocenters. The van der Waals surface area contributed by atoms with Gasteiger partial charge >= 0.3 is 0 Å². The molecule has 1 saturated heterocycles. The molecule has 0 radical (unpaired) electrons. The van der Waals surface area contributed by atoms with Crippen LogP contribution in [0.5, 0.6) is 17.2 Å². The van der Waals surface area contributed by atoms with Gasteiger partial charge in [0, 0.05) is 18.7 Å². The average molecular weight is 455 g/mol. The highest BCUT2D eigenvalue weighted by Crippen LogP contribution is 2.30. The molecular formula is C26H31ClN2O3. The van der Waals surface area contributed by atoms with Crippen LogP contribution in [0.4, 0.5) is 5.69 Å². The molecule has 0 bridgehead atoms. The largest absolute Gasteiger partial charge is 1.00 e. The lowest BCUT2D eigenvalue weighted by atomic mass is 9.89. The van der Waals surface area contributed by atoms with Crippen LogP contribution in [0, 0.1) is 0 Å². The van der Waals surface area contributed by atoms with Gasteiger partial charge in [-0.05, 0) is 73.8 Å². The van der Waals surface area contributed by atoms with Gasteiger partial charge in [0.25, 0.3) is 0 Å². The topological polar surface area (TPSA) is 69.6 Å². The zero-order valence-corrected chi connectivity index (χ0v) is 19.0. The maximum atomic E-state index is 10.4. The normalized spacial score (nSPS) is 15.6. The number of aliphatic hydroxyl groups is 1. The predicted molar refractivity (Wildman–Crippen MR) is 122 cm³/mol. The van der Waals surface area contributed by atoms with Crippen LogP contribution >= 0.6 is 0 Å². The minimum Gasteiger partial charge on any atom is -1.00 e. The van der Waals surface area contributed by atoms with Crippen molar-refractivity contribution in [2.45, 2.75) is 24.9 Å². The van der Waals surface area contributed by atoms with E-state index in [4.69, 9.17) is 9.47 Å². The minimum absolute atomic E-state index is 0. The van der Waals surface area contributed by atoms with Gasteiger partial charge in [-0.3, -0.25) is 0 Å². The van der Waals surface area contributed by atoms with Crippen LogP contribution in [0.15, 0.2) is 78.9 Å². The van der Waals surface area contributed by atoms with Crippen LogP contribution in [-0.2, 0) is 0 Å². The van der Waals surface area contributed by atoms with Gasteiger partial charge in [0.2, 0.25) is 0 Å². The smallest absolute Gasteiger partial charge is 0.128 e. The first-order valence-corrected chi connectivity index (χ1v) is 10.9. The number of quaternary nitrogens is 1. The Balaban J connectivity index is 0.00000289. The highest BCUT2D eigenvalue weighted by atomic mass is 35.5. The highest BCUT2D eigenvalue weighted by Gasteiger charge is 2.22. The Hall–Kier alpha value is -2.57. The van der Waals surface area contributed by atoms with E-state index in [1.807, 2.05) is 54.6 Å². The fourth-order valence-electron chi connectivity index (χ4n) is 4.01. The van der Waals surface area contributed by atoms with Gasteiger partial charge in [0.15, 0.2) is 0 Å². The van der Waals surface area contributed by atoms with E-state index < -0.39 is 6.10 Å². The van der Waals surface area contributed by atoms with Gasteiger partial charge in [-0.2, -0.15) is 0 Å². The van der Waals surface area contributed by atoms with Crippen LogP contribution in [0.2, 0.25) is 0 Å². The summed E-state index contributed by atoms with van der Waals surface area (Å²) in [7, 11) is 0. The molecule has 1 aliphatic rings. The van der Waals surface area contributed by atoms with Crippen molar-refractivity contribution < 1.29 is 32.7 Å². The summed E-state index contributed by atoms with van der Waals surface area (Å²) in [4.78, 5) is 2.33. The van der Waals surface area contributed by atoms with Crippen molar-refractivity contribution in [2.24, 2.45) is 0 Å². The molecule has 170 valence electrons. The molecule has 4 rings (SSSR count). The molecule has 0 unspecified atom stereocenters. The van der Waals surface area contributed by atoms with Gasteiger partial charge in [0.05, 0.1) is 0 Å². The second-order valence-corrected chi connectivity index (χ2v) is 8.17. The van der Waals surface area contributed by atoms with Crippen LogP contribution in [0.1, 0.15) is 24.3 Å². The number of β-amino-alcohol motifs (C(OH)–C–C–N with tert-alkyl or cyclic N) is 1. The van der Waals surface area contributed by atoms with Gasteiger partial charge in [-0.1, -0.05) is 30.3 Å². The Labute approximate surface area is 196 Å². The molecule has 0 aliphatic carbocycles. The predicted octanol–water partition coefficient (Wildman–Crippen LogP) is 0.976. The fraction of sp³-hybridized carbons (Fsp3) is 0.308. The Bertz CT molecular complexity index is 928. The molecular weight excluding hydrogens is 424 g/mol. The average Bonchev–Trinajstić information content (AvgIpc) is 2.80. The zero-order chi connectivity index (χ0) is 21.5. The first-order valence-electron chi connectivity index (χ1n) is 10.9. The molecule has 0 saturated carbocycles. The van der Waals surface area contributed by atoms with Crippen LogP contribution in [0.25, 0.3) is 0 Å². The third-order valence-electron chi connectivity index (χ3n) is 5.75. The second-order valence-electron chi connectivity index (χ2n) is 8.17. The lowest BCUT2D eigenvalue weighted by Gasteiger charge is -2.33. The van der Waals surface area contributed by atoms with E-state index in [1.54, 1.807) is 0 Å². The summed E-state index contributed by atoms with van der Waals surface area (Å²) in [5.74, 6) is 3.03. The maximum absolute atomic E-state index is 10.4. The quantitative estimate of drug-likeness (QED) is 0.532. The molecule has 3 aromatic carbocycles. The van der Waals surface area contributed by atoms with Crippen molar-refractivity contribution in [1.82, 2.24) is 4.90 Å². The van der Waals surface area contributed by atoms with E-state index >= 15 is 0 Å². The molecule has 0 amide bonds. The van der Waals surface area contributed by atoms with Crippen molar-refractivity contribution in [2.75, 3.05) is 26.2 Å². The summed E-state index contributed by atoms with van der Waals surface area (Å²) in [6, 6.07) is 25.9. The van der Waals surface area contributed by atoms with E-state index in [-0.39, 0.29) is 12.4 Å². The van der Waals surface area contributed by atoms with Crippen molar-refractivity contribution in [3.63, 3.8) is 0 Å². The number of aliphatic hydroxyl groups excluding tert-OH is 1. The molecule has 5 nitrogen and oxygen atoms in total. The van der Waals surface area contributed by atoms with E-state index in [9.17, 15) is 5.11 Å². The fourth-order valence-corrected chi connectivity index (χ4v) is 4.01. The summed E-state index contributed by atoms with van der Waals surface area (Å²) in [5.41, 5.74) is 6.18. The molecule has 4 N–H and O–H groups in total. The van der Waals surface area contributed by atoms with Crippen LogP contribution in [-0.4, -0.2) is 42.4 Å². The second kappa shape index (κ2) is 11.9. The van der Waals surface area contributed by atoms with E-state index in [0.717, 1.165) is 48.9 Å². The number of ether oxygens (including phenoxy) is 2. The van der Waals surface area contributed by atoms with Crippen molar-refractivity contribution >= 4 is 5.69 Å². The molecule has 0 aromatic heterocycles. The van der Waals surface area contributed by atoms with Gasteiger partial charge in [0.1, 0.15) is 35.6 Å². The van der Waals surface area contributed by atoms with Crippen LogP contribution < -0.4 is 27.6 Å². The number of likely N-dealkylation sites (tertiary alicyclic amines) is 1. The molecule has 3 aromatic rings. The Kier molecular flexibility index (Phi) is 8.94. The van der Waals surface area contributed by atoms with E-state index in [0.29, 0.717) is 19.1 Å². The number of rotatable bonds is 8. The first kappa shape index (κ1) is 24.1. The maximum Gasteiger partial charge on any atom is 0.128 e. The monoisotopic (exact) mass is 454 g/mol. The number of para-hydroxylation sites is 1. The Morgan fingerprint density at radius 3 is 2.09 bits per heavy atom. The Morgan fingerprint density at radius 1 is 0.844 bits per heavy atom. The van der Waals surface area contributed by atoms with E-state index in [1.165, 1.54) is 5.56 Å². The van der Waals surface area contributed by atoms with Crippen molar-refractivity contribution in [1.29, 1.82) is 0 Å². The van der Waals surface area contributed by atoms with Crippen molar-refractivity contribution in [3.8, 4) is 17.2 Å². The molecule has 32 heavy (non-hydrogen) atoms. The number of halogens is 1. The molecule has 0 spiro atoms. The standard InChI is InChI=1S/C26H30N2O3.ClH/c27-22-8-12-24(13-9-22)30-19-23(29)18-28-16-14-21(15-17-28)20-6-10-26(11-7-20)31-25-4-2-1-3-5-25;/h1-13,21,23,29H,14-19,27H2;1H/t23-;/m0./s1. The highest BCUT2D eigenvalue weighted by molar-refractivity contribution is 5.35. The summed E-state index contributed by atoms with van der Waals surface area (Å²) in [6.45, 7) is 2.92. The van der Waals surface area contributed by atoms with Gasteiger partial charge in [-0.15, -0.1) is 0 Å². The number of hydrogen-bond donors (Lipinski definition) is 2. The minimum atomic E-state index is -0.495. The Morgan fingerprint density at radius 2 is 1.44 bits per heavy atom. The number of benzene rings is 3. The lowest BCUT2D eigenvalue weighted by molar-refractivity contribution is -0.254. The summed E-state index contributed by atoms with van der Waals surface area (Å²) in [5, 5.41) is 10.4. The lowest BCUT2D eigenvalue weighted by Crippen LogP contribution is -3.00. The molecule has 6 heteroatoms. The molecule has 1 aliphatic heterocycles. The number of hydrogen-bond acceptors (Lipinski definition) is 4. The third kappa shape index (κ3) is 6.97. The first-order chi connectivity index (χ1) is 15.2. The molecule has 1 heterocycles. The summed E-state index contributed by atoms with van der Waals surface area (Å²) < 4.78 is 11.6. The van der Waals surface area contributed by atoms with Gasteiger partial charge < -0.3 is 37.6 Å². The van der Waals surface area contributed by atoms with Gasteiger partial charge in [-0.25, -0.2) is 0 Å². The summed E-state index contributed by atoms with van der Waals surface area (Å²) >= 11 is 0.